The number of carbonyl (C=O) groups excluding carboxylic acids is 1. The summed E-state index contributed by atoms with van der Waals surface area (Å²) < 4.78 is 0. The molecular weight excluding hydrogens is 298 g/mol. The number of nitrogens with one attached hydrogen (secondary N) is 1. The molecule has 0 fully saturated rings. The highest BCUT2D eigenvalue weighted by molar-refractivity contribution is 5.85. The predicted molar refractivity (Wildman–Crippen MR) is 94.7 cm³/mol. The summed E-state index contributed by atoms with van der Waals surface area (Å²) in [5.41, 5.74) is 3.12. The predicted octanol–water partition coefficient (Wildman–Crippen LogP) is 3.16. The number of amides is 1. The van der Waals surface area contributed by atoms with Crippen LogP contribution in [0.15, 0.2) is 66.7 Å². The van der Waals surface area contributed by atoms with Crippen LogP contribution in [0.2, 0.25) is 0 Å². The number of hydrogen-bond donors (Lipinski definition) is 2. The summed E-state index contributed by atoms with van der Waals surface area (Å²) in [4.78, 5) is 12.4. The third-order valence-electron chi connectivity index (χ3n) is 4.70. The molecule has 120 valence electrons. The summed E-state index contributed by atoms with van der Waals surface area (Å²) in [7, 11) is 0. The summed E-state index contributed by atoms with van der Waals surface area (Å²) >= 11 is 0. The lowest BCUT2D eigenvalue weighted by molar-refractivity contribution is -0.121. The second-order valence-corrected chi connectivity index (χ2v) is 6.37. The number of hydrogen-bond acceptors (Lipinski definition) is 2. The Morgan fingerprint density at radius 2 is 1.75 bits per heavy atom. The molecule has 0 unspecified atom stereocenters. The molecule has 0 aromatic heterocycles. The van der Waals surface area contributed by atoms with E-state index < -0.39 is 6.10 Å². The van der Waals surface area contributed by atoms with E-state index in [0.29, 0.717) is 12.8 Å². The molecule has 1 amide bonds. The van der Waals surface area contributed by atoms with Crippen molar-refractivity contribution in [3.63, 3.8) is 0 Å². The molecule has 0 aliphatic heterocycles. The van der Waals surface area contributed by atoms with Crippen LogP contribution < -0.4 is 5.32 Å². The van der Waals surface area contributed by atoms with Crippen molar-refractivity contribution >= 4 is 16.7 Å². The van der Waals surface area contributed by atoms with Gasteiger partial charge in [0.1, 0.15) is 0 Å². The number of benzene rings is 3. The normalized spacial score (nSPS) is 19.2. The molecule has 0 heterocycles. The van der Waals surface area contributed by atoms with E-state index in [2.05, 4.69) is 11.4 Å². The van der Waals surface area contributed by atoms with Crippen LogP contribution in [0.3, 0.4) is 0 Å². The van der Waals surface area contributed by atoms with Gasteiger partial charge in [-0.25, -0.2) is 0 Å². The summed E-state index contributed by atoms with van der Waals surface area (Å²) in [6.07, 6.45) is 0.357. The molecule has 0 bridgehead atoms. The van der Waals surface area contributed by atoms with Crippen LogP contribution in [0.5, 0.6) is 0 Å². The number of rotatable bonds is 3. The van der Waals surface area contributed by atoms with Crippen LogP contribution in [0.4, 0.5) is 0 Å². The SMILES string of the molecule is O=C(Cc1ccc2ccccc2c1)N[C@@H]1c2ccccc2C[C@@H]1O. The molecule has 2 N–H and O–H groups in total. The maximum Gasteiger partial charge on any atom is 0.224 e. The summed E-state index contributed by atoms with van der Waals surface area (Å²) in [6.45, 7) is 0. The Morgan fingerprint density at radius 3 is 2.62 bits per heavy atom. The maximum atomic E-state index is 12.4. The Kier molecular flexibility index (Phi) is 3.79. The molecule has 0 radical (unpaired) electrons. The minimum absolute atomic E-state index is 0.0639. The molecule has 0 spiro atoms. The van der Waals surface area contributed by atoms with Gasteiger partial charge in [-0.1, -0.05) is 66.7 Å². The van der Waals surface area contributed by atoms with E-state index in [1.54, 1.807) is 0 Å². The lowest BCUT2D eigenvalue weighted by atomic mass is 10.0. The third-order valence-corrected chi connectivity index (χ3v) is 4.70. The average Bonchev–Trinajstić information content (AvgIpc) is 2.90. The molecule has 3 heteroatoms. The fourth-order valence-electron chi connectivity index (χ4n) is 3.51. The number of aliphatic hydroxyl groups is 1. The molecular formula is C21H19NO2. The van der Waals surface area contributed by atoms with Crippen molar-refractivity contribution in [3.8, 4) is 0 Å². The average molecular weight is 317 g/mol. The van der Waals surface area contributed by atoms with E-state index in [4.69, 9.17) is 0 Å². The van der Waals surface area contributed by atoms with Crippen molar-refractivity contribution in [2.45, 2.75) is 25.0 Å². The van der Waals surface area contributed by atoms with Crippen LogP contribution in [-0.4, -0.2) is 17.1 Å². The molecule has 1 aliphatic carbocycles. The molecule has 3 aromatic rings. The van der Waals surface area contributed by atoms with Crippen LogP contribution >= 0.6 is 0 Å². The monoisotopic (exact) mass is 317 g/mol. The van der Waals surface area contributed by atoms with E-state index in [0.717, 1.165) is 22.1 Å². The molecule has 2 atom stereocenters. The van der Waals surface area contributed by atoms with E-state index in [-0.39, 0.29) is 11.9 Å². The lowest BCUT2D eigenvalue weighted by Crippen LogP contribution is -2.34. The van der Waals surface area contributed by atoms with Crippen molar-refractivity contribution in [1.29, 1.82) is 0 Å². The summed E-state index contributed by atoms with van der Waals surface area (Å²) in [5, 5.41) is 15.5. The maximum absolute atomic E-state index is 12.4. The van der Waals surface area contributed by atoms with Gasteiger partial charge >= 0.3 is 0 Å². The Labute approximate surface area is 140 Å². The fourth-order valence-corrected chi connectivity index (χ4v) is 3.51. The highest BCUT2D eigenvalue weighted by Crippen LogP contribution is 2.31. The number of aliphatic hydroxyl groups excluding tert-OH is 1. The molecule has 1 aliphatic rings. The van der Waals surface area contributed by atoms with Crippen molar-refractivity contribution in [1.82, 2.24) is 5.32 Å². The Hall–Kier alpha value is -2.65. The third kappa shape index (κ3) is 2.79. The minimum atomic E-state index is -0.553. The van der Waals surface area contributed by atoms with Gasteiger partial charge < -0.3 is 10.4 Å². The molecule has 24 heavy (non-hydrogen) atoms. The molecule has 4 rings (SSSR count). The van der Waals surface area contributed by atoms with Gasteiger partial charge in [-0.3, -0.25) is 4.79 Å². The summed E-state index contributed by atoms with van der Waals surface area (Å²) in [6, 6.07) is 21.8. The first-order valence-corrected chi connectivity index (χ1v) is 8.23. The van der Waals surface area contributed by atoms with Crippen molar-refractivity contribution in [2.75, 3.05) is 0 Å². The quantitative estimate of drug-likeness (QED) is 0.779. The van der Waals surface area contributed by atoms with Gasteiger partial charge in [0.15, 0.2) is 0 Å². The standard InChI is InChI=1S/C21H19NO2/c23-19-13-17-7-3-4-8-18(17)21(19)22-20(24)12-14-9-10-15-5-1-2-6-16(15)11-14/h1-11,19,21,23H,12-13H2,(H,22,24)/t19-,21+/m0/s1. The zero-order chi connectivity index (χ0) is 16.5. The second kappa shape index (κ2) is 6.10. The van der Waals surface area contributed by atoms with Crippen molar-refractivity contribution < 1.29 is 9.90 Å². The van der Waals surface area contributed by atoms with Crippen LogP contribution in [0.1, 0.15) is 22.7 Å². The zero-order valence-electron chi connectivity index (χ0n) is 13.3. The van der Waals surface area contributed by atoms with Gasteiger partial charge in [0.25, 0.3) is 0 Å². The molecule has 0 saturated carbocycles. The molecule has 3 nitrogen and oxygen atoms in total. The van der Waals surface area contributed by atoms with E-state index >= 15 is 0 Å². The minimum Gasteiger partial charge on any atom is -0.390 e. The zero-order valence-corrected chi connectivity index (χ0v) is 13.3. The van der Waals surface area contributed by atoms with Gasteiger partial charge in [-0.15, -0.1) is 0 Å². The van der Waals surface area contributed by atoms with Crippen molar-refractivity contribution in [3.05, 3.63) is 83.4 Å². The Bertz CT molecular complexity index is 903. The number of fused-ring (bicyclic) bond motifs is 2. The van der Waals surface area contributed by atoms with E-state index in [9.17, 15) is 9.90 Å². The summed E-state index contributed by atoms with van der Waals surface area (Å²) in [5.74, 6) is -0.0639. The van der Waals surface area contributed by atoms with Crippen LogP contribution in [0.25, 0.3) is 10.8 Å². The Balaban J connectivity index is 1.50. The van der Waals surface area contributed by atoms with Gasteiger partial charge in [0, 0.05) is 6.42 Å². The first-order chi connectivity index (χ1) is 11.7. The van der Waals surface area contributed by atoms with Crippen LogP contribution in [-0.2, 0) is 17.6 Å². The first kappa shape index (κ1) is 14.9. The lowest BCUT2D eigenvalue weighted by Gasteiger charge is -2.18. The van der Waals surface area contributed by atoms with E-state index in [1.165, 1.54) is 5.39 Å². The fraction of sp³-hybridized carbons (Fsp3) is 0.190. The Morgan fingerprint density at radius 1 is 1.00 bits per heavy atom. The second-order valence-electron chi connectivity index (χ2n) is 6.37. The molecule has 3 aromatic carbocycles. The van der Waals surface area contributed by atoms with Crippen molar-refractivity contribution in [2.24, 2.45) is 0 Å². The largest absolute Gasteiger partial charge is 0.390 e. The molecule has 0 saturated heterocycles. The van der Waals surface area contributed by atoms with Gasteiger partial charge in [-0.2, -0.15) is 0 Å². The van der Waals surface area contributed by atoms with Gasteiger partial charge in [-0.05, 0) is 27.5 Å². The van der Waals surface area contributed by atoms with Gasteiger partial charge in [0.2, 0.25) is 5.91 Å². The first-order valence-electron chi connectivity index (χ1n) is 8.23. The van der Waals surface area contributed by atoms with E-state index in [1.807, 2.05) is 60.7 Å². The van der Waals surface area contributed by atoms with Crippen LogP contribution in [0, 0.1) is 0 Å². The topological polar surface area (TPSA) is 49.3 Å². The number of carbonyl (C=O) groups is 1. The smallest absolute Gasteiger partial charge is 0.224 e. The highest BCUT2D eigenvalue weighted by Gasteiger charge is 2.31. The van der Waals surface area contributed by atoms with Gasteiger partial charge in [0.05, 0.1) is 18.6 Å². The highest BCUT2D eigenvalue weighted by atomic mass is 16.3.